The zero-order valence-corrected chi connectivity index (χ0v) is 57.2. The molecule has 0 unspecified atom stereocenters. The Morgan fingerprint density at radius 1 is 0.155 bits per heavy atom. The van der Waals surface area contributed by atoms with Crippen molar-refractivity contribution in [3.63, 3.8) is 0 Å². The van der Waals surface area contributed by atoms with Gasteiger partial charge >= 0.3 is 0 Å². The lowest BCUT2D eigenvalue weighted by molar-refractivity contribution is 0.590. The van der Waals surface area contributed by atoms with Crippen molar-refractivity contribution < 1.29 is 0 Å². The van der Waals surface area contributed by atoms with Crippen molar-refractivity contribution in [3.05, 3.63) is 420 Å². The maximum Gasteiger partial charge on any atom is -0.00135 e. The van der Waals surface area contributed by atoms with E-state index in [1.54, 1.807) is 0 Å². The van der Waals surface area contributed by atoms with E-state index in [1.807, 2.05) is 12.1 Å². The van der Waals surface area contributed by atoms with E-state index in [0.29, 0.717) is 0 Å². The van der Waals surface area contributed by atoms with Crippen molar-refractivity contribution in [3.8, 4) is 77.9 Å². The van der Waals surface area contributed by atoms with Crippen LogP contribution in [0.2, 0.25) is 0 Å². The standard InChI is InChI=1S/C20H26.2C18H14.2C14H12.C13H10/c1-19(2,3)17-11-7-15(8-12-17)16-9-13-18(14-10-16)20(4,5)6;1-3-9-15(10-4-1)17-13-7-8-14-18(17)16-11-5-2-6-12-16;1-3-7-15(8-4-1)17-11-13-18(14-12-17)16-9-5-2-6-10-16;1-3-7-13-11(5-1)9-10-12-6-2-4-8-14(12)13;1-2-6-12-10-14-8-4-3-7-13(14)9-11(12)5-1;1-3-7-12-10(5-1)9-11-6-2-4-8-13(11)12/h7-14H,1-6H3;2*1-14H;2*1-8H,9-10H2;1-8H,9H2. The maximum atomic E-state index is 2.25. The molecular formula is C97H88. The smallest absolute Gasteiger partial charge is 0.00135 e. The molecule has 0 bridgehead atoms. The number of hydrogen-bond acceptors (Lipinski definition) is 0. The van der Waals surface area contributed by atoms with Crippen LogP contribution in [0.25, 0.3) is 77.9 Å². The third kappa shape index (κ3) is 17.1. The van der Waals surface area contributed by atoms with Crippen LogP contribution in [0, 0.1) is 0 Å². The second-order valence-corrected chi connectivity index (χ2v) is 27.4. The SMILES string of the molecule is CC(C)(C)c1ccc(-c2ccc(C(C)(C)C)cc2)cc1.c1ccc(-c2ccc(-c3ccccc3)cc2)cc1.c1ccc(-c2ccccc2-c2ccccc2)cc1.c1ccc2c(c1)CCc1ccccc1-2.c1ccc2c(c1)Cc1ccccc1-2.c1ccc2c(c1)Cc1ccccc1C2. The van der Waals surface area contributed by atoms with Crippen molar-refractivity contribution in [2.45, 2.75) is 84.5 Å². The highest BCUT2D eigenvalue weighted by Crippen LogP contribution is 2.38. The summed E-state index contributed by atoms with van der Waals surface area (Å²) in [5, 5.41) is 0. The normalized spacial score (nSPS) is 11.8. The first-order valence-electron chi connectivity index (χ1n) is 34.5. The van der Waals surface area contributed by atoms with E-state index in [4.69, 9.17) is 0 Å². The summed E-state index contributed by atoms with van der Waals surface area (Å²) in [4.78, 5) is 0. The van der Waals surface area contributed by atoms with Crippen LogP contribution in [0.3, 0.4) is 0 Å². The van der Waals surface area contributed by atoms with Gasteiger partial charge in [-0.2, -0.15) is 0 Å². The van der Waals surface area contributed by atoms with E-state index in [2.05, 4.69) is 393 Å². The molecule has 0 atom stereocenters. The molecule has 0 amide bonds. The van der Waals surface area contributed by atoms with Gasteiger partial charge in [-0.05, 0) is 176 Å². The first-order chi connectivity index (χ1) is 47.4. The van der Waals surface area contributed by atoms with Crippen LogP contribution in [-0.2, 0) is 42.9 Å². The third-order valence-electron chi connectivity index (χ3n) is 18.7. The van der Waals surface area contributed by atoms with Crippen LogP contribution in [0.4, 0.5) is 0 Å². The summed E-state index contributed by atoms with van der Waals surface area (Å²) in [7, 11) is 0. The largest absolute Gasteiger partial charge is 0.0622 e. The topological polar surface area (TPSA) is 0 Å². The van der Waals surface area contributed by atoms with Gasteiger partial charge in [0, 0.05) is 0 Å². The van der Waals surface area contributed by atoms with E-state index in [-0.39, 0.29) is 10.8 Å². The average Bonchev–Trinajstić information content (AvgIpc) is 1.76. The number of benzene rings is 14. The van der Waals surface area contributed by atoms with E-state index in [9.17, 15) is 0 Å². The Morgan fingerprint density at radius 2 is 0.340 bits per heavy atom. The maximum absolute atomic E-state index is 2.25. The monoisotopic (exact) mass is 1250 g/mol. The number of rotatable bonds is 5. The van der Waals surface area contributed by atoms with Crippen molar-refractivity contribution in [1.82, 2.24) is 0 Å². The van der Waals surface area contributed by atoms with Crippen molar-refractivity contribution >= 4 is 0 Å². The Morgan fingerprint density at radius 3 is 0.619 bits per heavy atom. The van der Waals surface area contributed by atoms with Gasteiger partial charge in [-0.1, -0.05) is 406 Å². The fourth-order valence-corrected chi connectivity index (χ4v) is 13.2. The average molecular weight is 1250 g/mol. The van der Waals surface area contributed by atoms with Gasteiger partial charge in [0.1, 0.15) is 0 Å². The molecule has 0 nitrogen and oxygen atoms in total. The van der Waals surface area contributed by atoms with E-state index >= 15 is 0 Å². The molecule has 14 aromatic carbocycles. The molecule has 0 N–H and O–H groups in total. The quantitative estimate of drug-likeness (QED) is 0.161. The fourth-order valence-electron chi connectivity index (χ4n) is 13.2. The number of hydrogen-bond donors (Lipinski definition) is 0. The third-order valence-corrected chi connectivity index (χ3v) is 18.7. The predicted molar refractivity (Wildman–Crippen MR) is 416 cm³/mol. The number of aryl methyl sites for hydroxylation is 2. The van der Waals surface area contributed by atoms with Gasteiger partial charge in [-0.15, -0.1) is 0 Å². The molecule has 0 radical (unpaired) electrons. The van der Waals surface area contributed by atoms with E-state index < -0.39 is 0 Å². The lowest BCUT2D eigenvalue weighted by Crippen LogP contribution is -2.10. The van der Waals surface area contributed by atoms with Gasteiger partial charge in [-0.25, -0.2) is 0 Å². The van der Waals surface area contributed by atoms with Gasteiger partial charge in [0.15, 0.2) is 0 Å². The van der Waals surface area contributed by atoms with Crippen LogP contribution in [0.15, 0.2) is 364 Å². The van der Waals surface area contributed by atoms with Crippen molar-refractivity contribution in [1.29, 1.82) is 0 Å². The van der Waals surface area contributed by atoms with Crippen LogP contribution in [0.5, 0.6) is 0 Å². The summed E-state index contributed by atoms with van der Waals surface area (Å²) in [5.41, 5.74) is 33.5. The predicted octanol–water partition coefficient (Wildman–Crippen LogP) is 25.9. The minimum absolute atomic E-state index is 0.217. The molecule has 476 valence electrons. The molecule has 0 spiro atoms. The van der Waals surface area contributed by atoms with Crippen LogP contribution in [0.1, 0.15) is 97.2 Å². The van der Waals surface area contributed by atoms with Crippen LogP contribution < -0.4 is 0 Å². The van der Waals surface area contributed by atoms with Gasteiger partial charge in [0.05, 0.1) is 0 Å². The molecule has 0 aromatic heterocycles. The number of fused-ring (bicyclic) bond motifs is 8. The summed E-state index contributed by atoms with van der Waals surface area (Å²) in [6, 6.07) is 129. The molecule has 97 heavy (non-hydrogen) atoms. The van der Waals surface area contributed by atoms with Crippen LogP contribution >= 0.6 is 0 Å². The molecule has 17 rings (SSSR count). The Labute approximate surface area is 578 Å². The Balaban J connectivity index is 0.000000112. The lowest BCUT2D eigenvalue weighted by Gasteiger charge is -2.20. The minimum Gasteiger partial charge on any atom is -0.0622 e. The highest BCUT2D eigenvalue weighted by Gasteiger charge is 2.19. The Bertz CT molecular complexity index is 4430. The molecule has 0 heterocycles. The summed E-state index contributed by atoms with van der Waals surface area (Å²) in [5.74, 6) is 0. The zero-order chi connectivity index (χ0) is 66.8. The second kappa shape index (κ2) is 31.5. The minimum atomic E-state index is 0.217. The summed E-state index contributed by atoms with van der Waals surface area (Å²) < 4.78 is 0. The Kier molecular flexibility index (Phi) is 21.5. The molecule has 0 heteroatoms. The molecular weight excluding hydrogens is 1170 g/mol. The molecule has 3 aliphatic rings. The summed E-state index contributed by atoms with van der Waals surface area (Å²) in [6.45, 7) is 13.5. The molecule has 14 aromatic rings. The first-order valence-corrected chi connectivity index (χ1v) is 34.5. The summed E-state index contributed by atoms with van der Waals surface area (Å²) in [6.07, 6.45) is 5.69. The van der Waals surface area contributed by atoms with Gasteiger partial charge in [0.2, 0.25) is 0 Å². The molecule has 0 saturated heterocycles. The van der Waals surface area contributed by atoms with Gasteiger partial charge in [-0.3, -0.25) is 0 Å². The van der Waals surface area contributed by atoms with Gasteiger partial charge in [0.25, 0.3) is 0 Å². The fraction of sp³-hybridized carbons (Fsp3) is 0.134. The van der Waals surface area contributed by atoms with Crippen LogP contribution in [-0.4, -0.2) is 0 Å². The molecule has 0 aliphatic heterocycles. The Hall–Kier alpha value is -10.9. The highest BCUT2D eigenvalue weighted by atomic mass is 14.2. The van der Waals surface area contributed by atoms with Crippen molar-refractivity contribution in [2.75, 3.05) is 0 Å². The summed E-state index contributed by atoms with van der Waals surface area (Å²) >= 11 is 0. The van der Waals surface area contributed by atoms with E-state index in [0.717, 1.165) is 19.3 Å². The van der Waals surface area contributed by atoms with Gasteiger partial charge < -0.3 is 0 Å². The van der Waals surface area contributed by atoms with Crippen molar-refractivity contribution in [2.24, 2.45) is 0 Å². The first kappa shape index (κ1) is 66.1. The van der Waals surface area contributed by atoms with E-state index in [1.165, 1.54) is 146 Å². The highest BCUT2D eigenvalue weighted by molar-refractivity contribution is 5.83. The molecule has 0 fully saturated rings. The lowest BCUT2D eigenvalue weighted by atomic mass is 9.85. The molecule has 0 saturated carbocycles. The second-order valence-electron chi connectivity index (χ2n) is 27.4. The molecule has 3 aliphatic carbocycles. The zero-order valence-electron chi connectivity index (χ0n) is 57.2.